The van der Waals surface area contributed by atoms with Crippen molar-refractivity contribution in [2.24, 2.45) is 11.8 Å². The number of anilines is 1. The van der Waals surface area contributed by atoms with Gasteiger partial charge in [-0.25, -0.2) is 4.39 Å². The maximum absolute atomic E-state index is 14.4. The summed E-state index contributed by atoms with van der Waals surface area (Å²) in [4.78, 5) is 29.1. The Balaban J connectivity index is 1.30. The van der Waals surface area contributed by atoms with E-state index < -0.39 is 0 Å². The second-order valence-corrected chi connectivity index (χ2v) is 10.5. The molecule has 0 bridgehead atoms. The average molecular weight is 498 g/mol. The number of likely N-dealkylation sites (tertiary alicyclic amines) is 1. The lowest BCUT2D eigenvalue weighted by atomic mass is 9.79. The second kappa shape index (κ2) is 10.0. The monoisotopic (exact) mass is 497 g/mol. The van der Waals surface area contributed by atoms with Gasteiger partial charge in [-0.2, -0.15) is 0 Å². The van der Waals surface area contributed by atoms with Crippen molar-refractivity contribution in [3.05, 3.63) is 101 Å². The van der Waals surface area contributed by atoms with Crippen molar-refractivity contribution in [2.75, 3.05) is 11.9 Å². The third-order valence-electron chi connectivity index (χ3n) is 8.39. The molecule has 2 N–H and O–H groups in total. The van der Waals surface area contributed by atoms with Gasteiger partial charge in [0.25, 0.3) is 5.91 Å². The van der Waals surface area contributed by atoms with Crippen molar-refractivity contribution in [2.45, 2.75) is 50.2 Å². The lowest BCUT2D eigenvalue weighted by molar-refractivity contribution is -0.138. The molecule has 3 aliphatic rings. The Labute approximate surface area is 217 Å². The molecule has 0 radical (unpaired) electrons. The molecular formula is C31H32FN3O2. The molecule has 37 heavy (non-hydrogen) atoms. The van der Waals surface area contributed by atoms with Crippen LogP contribution in [0, 0.1) is 17.7 Å². The molecule has 6 heteroatoms. The first-order valence-corrected chi connectivity index (χ1v) is 13.4. The Morgan fingerprint density at radius 2 is 1.62 bits per heavy atom. The summed E-state index contributed by atoms with van der Waals surface area (Å²) in [6, 6.07) is 24.0. The summed E-state index contributed by atoms with van der Waals surface area (Å²) in [7, 11) is 0. The Bertz CT molecular complexity index is 1280. The van der Waals surface area contributed by atoms with Gasteiger partial charge in [0, 0.05) is 35.3 Å². The van der Waals surface area contributed by atoms with E-state index in [0.29, 0.717) is 12.1 Å². The Morgan fingerprint density at radius 1 is 0.892 bits per heavy atom. The number of nitrogens with one attached hydrogen (secondary N) is 2. The maximum atomic E-state index is 14.4. The highest BCUT2D eigenvalue weighted by molar-refractivity contribution is 5.95. The van der Waals surface area contributed by atoms with Crippen LogP contribution in [-0.2, 0) is 4.79 Å². The zero-order valence-corrected chi connectivity index (χ0v) is 20.8. The molecule has 5 atom stereocenters. The Hall–Kier alpha value is -3.67. The zero-order valence-electron chi connectivity index (χ0n) is 20.8. The molecule has 3 aromatic carbocycles. The highest BCUT2D eigenvalue weighted by atomic mass is 19.1. The fourth-order valence-electron chi connectivity index (χ4n) is 6.64. The van der Waals surface area contributed by atoms with E-state index in [1.807, 2.05) is 41.3 Å². The van der Waals surface area contributed by atoms with Gasteiger partial charge >= 0.3 is 0 Å². The van der Waals surface area contributed by atoms with Crippen molar-refractivity contribution >= 4 is 17.5 Å². The largest absolute Gasteiger partial charge is 0.378 e. The lowest BCUT2D eigenvalue weighted by Crippen LogP contribution is -2.50. The first-order chi connectivity index (χ1) is 18.1. The van der Waals surface area contributed by atoms with Crippen LogP contribution in [-0.4, -0.2) is 29.3 Å². The van der Waals surface area contributed by atoms with Gasteiger partial charge < -0.3 is 15.5 Å². The summed E-state index contributed by atoms with van der Waals surface area (Å²) in [6.07, 6.45) is 4.34. The van der Waals surface area contributed by atoms with Crippen LogP contribution in [0.15, 0.2) is 78.9 Å². The molecule has 1 saturated heterocycles. The van der Waals surface area contributed by atoms with Crippen LogP contribution in [0.2, 0.25) is 0 Å². The van der Waals surface area contributed by atoms with E-state index in [1.54, 1.807) is 24.3 Å². The summed E-state index contributed by atoms with van der Waals surface area (Å²) < 4.78 is 14.4. The predicted molar refractivity (Wildman–Crippen MR) is 141 cm³/mol. The van der Waals surface area contributed by atoms with E-state index in [0.717, 1.165) is 43.4 Å². The first-order valence-electron chi connectivity index (χ1n) is 13.4. The number of halogens is 1. The number of benzene rings is 3. The average Bonchev–Trinajstić information content (AvgIpc) is 3.39. The summed E-state index contributed by atoms with van der Waals surface area (Å²) in [5, 5.41) is 6.81. The molecule has 0 spiro atoms. The van der Waals surface area contributed by atoms with Gasteiger partial charge in [0.1, 0.15) is 5.82 Å². The number of rotatable bonds is 4. The SMILES string of the molecule is O=C(N[C@@H]1CCCC[C@@H]1C(=O)N1CC[C@H]2[C@@H](c3ccccc3)Nc3ccc(F)cc3[C@H]21)c1ccccc1. The van der Waals surface area contributed by atoms with Crippen molar-refractivity contribution in [3.8, 4) is 0 Å². The van der Waals surface area contributed by atoms with Crippen LogP contribution in [0.3, 0.4) is 0 Å². The number of carbonyl (C=O) groups excluding carboxylic acids is 2. The molecule has 2 amide bonds. The summed E-state index contributed by atoms with van der Waals surface area (Å²) in [6.45, 7) is 0.630. The van der Waals surface area contributed by atoms with E-state index in [1.165, 1.54) is 11.6 Å². The molecule has 1 aliphatic carbocycles. The van der Waals surface area contributed by atoms with E-state index in [4.69, 9.17) is 0 Å². The van der Waals surface area contributed by atoms with Crippen LogP contribution in [0.4, 0.5) is 10.1 Å². The van der Waals surface area contributed by atoms with Crippen LogP contribution >= 0.6 is 0 Å². The molecule has 0 unspecified atom stereocenters. The highest BCUT2D eigenvalue weighted by Crippen LogP contribution is 2.52. The van der Waals surface area contributed by atoms with Gasteiger partial charge in [0.05, 0.1) is 18.0 Å². The van der Waals surface area contributed by atoms with Gasteiger partial charge in [0.2, 0.25) is 5.91 Å². The van der Waals surface area contributed by atoms with Gasteiger partial charge in [0.15, 0.2) is 0 Å². The third kappa shape index (κ3) is 4.50. The Morgan fingerprint density at radius 3 is 2.41 bits per heavy atom. The summed E-state index contributed by atoms with van der Waals surface area (Å²) in [5.41, 5.74) is 3.51. The van der Waals surface area contributed by atoms with E-state index in [9.17, 15) is 14.0 Å². The lowest BCUT2D eigenvalue weighted by Gasteiger charge is -2.42. The molecule has 2 aliphatic heterocycles. The minimum atomic E-state index is -0.289. The summed E-state index contributed by atoms with van der Waals surface area (Å²) in [5.74, 6) is -0.483. The van der Waals surface area contributed by atoms with Crippen LogP contribution in [0.25, 0.3) is 0 Å². The minimum Gasteiger partial charge on any atom is -0.378 e. The molecular weight excluding hydrogens is 465 g/mol. The fraction of sp³-hybridized carbons (Fsp3) is 0.355. The number of fused-ring (bicyclic) bond motifs is 3. The number of hydrogen-bond donors (Lipinski definition) is 2. The topological polar surface area (TPSA) is 61.4 Å². The van der Waals surface area contributed by atoms with E-state index >= 15 is 0 Å². The number of hydrogen-bond acceptors (Lipinski definition) is 3. The van der Waals surface area contributed by atoms with Crippen molar-refractivity contribution in [1.29, 1.82) is 0 Å². The Kier molecular flexibility index (Phi) is 6.41. The molecule has 6 rings (SSSR count). The van der Waals surface area contributed by atoms with Crippen LogP contribution < -0.4 is 10.6 Å². The van der Waals surface area contributed by atoms with Gasteiger partial charge in [-0.3, -0.25) is 9.59 Å². The number of nitrogens with zero attached hydrogens (tertiary/aromatic N) is 1. The van der Waals surface area contributed by atoms with E-state index in [2.05, 4.69) is 22.8 Å². The van der Waals surface area contributed by atoms with Gasteiger partial charge in [-0.05, 0) is 55.2 Å². The zero-order chi connectivity index (χ0) is 25.4. The van der Waals surface area contributed by atoms with Crippen LogP contribution in [0.5, 0.6) is 0 Å². The molecule has 1 saturated carbocycles. The quantitative estimate of drug-likeness (QED) is 0.474. The van der Waals surface area contributed by atoms with Crippen LogP contribution in [0.1, 0.15) is 65.7 Å². The second-order valence-electron chi connectivity index (χ2n) is 10.5. The molecule has 2 heterocycles. The molecule has 5 nitrogen and oxygen atoms in total. The fourth-order valence-corrected chi connectivity index (χ4v) is 6.64. The van der Waals surface area contributed by atoms with Crippen molar-refractivity contribution in [1.82, 2.24) is 10.2 Å². The van der Waals surface area contributed by atoms with Gasteiger partial charge in [-0.1, -0.05) is 61.4 Å². The third-order valence-corrected chi connectivity index (χ3v) is 8.39. The number of carbonyl (C=O) groups is 2. The smallest absolute Gasteiger partial charge is 0.251 e. The molecule has 0 aromatic heterocycles. The molecule has 2 fully saturated rings. The highest BCUT2D eigenvalue weighted by Gasteiger charge is 2.48. The van der Waals surface area contributed by atoms with Crippen molar-refractivity contribution in [3.63, 3.8) is 0 Å². The first kappa shape index (κ1) is 23.7. The van der Waals surface area contributed by atoms with Gasteiger partial charge in [-0.15, -0.1) is 0 Å². The van der Waals surface area contributed by atoms with Crippen molar-refractivity contribution < 1.29 is 14.0 Å². The standard InChI is InChI=1S/C31H32FN3O2/c32-22-15-16-27-25(19-22)29-24(28(33-27)20-9-3-1-4-10-20)17-18-35(29)31(37)23-13-7-8-14-26(23)34-30(36)21-11-5-2-6-12-21/h1-6,9-12,15-16,19,23-24,26,28-29,33H,7-8,13-14,17-18H2,(H,34,36)/t23-,24-,26+,28+,29-/m0/s1. The molecule has 3 aromatic rings. The van der Waals surface area contributed by atoms with E-state index in [-0.39, 0.29) is 47.6 Å². The predicted octanol–water partition coefficient (Wildman–Crippen LogP) is 5.87. The minimum absolute atomic E-state index is 0.0434. The normalized spacial score (nSPS) is 26.5. The summed E-state index contributed by atoms with van der Waals surface area (Å²) >= 11 is 0. The molecule has 190 valence electrons. The number of amides is 2. The maximum Gasteiger partial charge on any atom is 0.251 e.